The maximum Gasteiger partial charge on any atom is 0.255 e. The summed E-state index contributed by atoms with van der Waals surface area (Å²) in [6.45, 7) is 2.38. The number of hydrogen-bond acceptors (Lipinski definition) is 4. The molecule has 5 nitrogen and oxygen atoms in total. The van der Waals surface area contributed by atoms with Crippen molar-refractivity contribution in [3.63, 3.8) is 0 Å². The highest BCUT2D eigenvalue weighted by Crippen LogP contribution is 2.17. The maximum absolute atomic E-state index is 12.1. The molecule has 17 heavy (non-hydrogen) atoms. The predicted octanol–water partition coefficient (Wildman–Crippen LogP) is -0.713. The van der Waals surface area contributed by atoms with Gasteiger partial charge in [-0.1, -0.05) is 0 Å². The molecule has 0 unspecified atom stereocenters. The Bertz CT molecular complexity index is 468. The Morgan fingerprint density at radius 1 is 1.53 bits per heavy atom. The topological polar surface area (TPSA) is 71.5 Å². The number of likely N-dealkylation sites (N-methyl/N-ethyl adjacent to an activating group) is 1. The maximum atomic E-state index is 12.1. The Morgan fingerprint density at radius 2 is 2.29 bits per heavy atom. The summed E-state index contributed by atoms with van der Waals surface area (Å²) in [6.07, 6.45) is 0.853. The molecule has 0 spiro atoms. The summed E-state index contributed by atoms with van der Waals surface area (Å²) >= 11 is 0. The molecule has 1 aromatic rings. The van der Waals surface area contributed by atoms with Crippen LogP contribution in [0.25, 0.3) is 0 Å². The fourth-order valence-corrected chi connectivity index (χ4v) is 2.41. The van der Waals surface area contributed by atoms with Gasteiger partial charge in [-0.25, -0.2) is 0 Å². The summed E-state index contributed by atoms with van der Waals surface area (Å²) in [5, 5.41) is 9.06. The Hall–Kier alpha value is -1.17. The van der Waals surface area contributed by atoms with Gasteiger partial charge >= 0.3 is 0 Å². The van der Waals surface area contributed by atoms with Crippen molar-refractivity contribution in [2.45, 2.75) is 26.1 Å². The van der Waals surface area contributed by atoms with Crippen molar-refractivity contribution >= 4 is 0 Å². The first kappa shape index (κ1) is 12.3. The van der Waals surface area contributed by atoms with Gasteiger partial charge in [-0.3, -0.25) is 4.79 Å². The number of hydrogen-bond donors (Lipinski definition) is 2. The van der Waals surface area contributed by atoms with Gasteiger partial charge in [0.05, 0.1) is 6.61 Å². The zero-order valence-electron chi connectivity index (χ0n) is 10.1. The van der Waals surface area contributed by atoms with Gasteiger partial charge in [-0.2, -0.15) is 0 Å². The van der Waals surface area contributed by atoms with Gasteiger partial charge in [0.15, 0.2) is 0 Å². The Kier molecular flexibility index (Phi) is 3.61. The van der Waals surface area contributed by atoms with E-state index in [4.69, 9.17) is 10.8 Å². The van der Waals surface area contributed by atoms with Crippen molar-refractivity contribution < 1.29 is 5.11 Å². The van der Waals surface area contributed by atoms with Crippen LogP contribution in [-0.4, -0.2) is 34.8 Å². The van der Waals surface area contributed by atoms with E-state index in [1.54, 1.807) is 4.57 Å². The third-order valence-corrected chi connectivity index (χ3v) is 3.28. The molecular weight excluding hydrogens is 218 g/mol. The number of aromatic nitrogens is 1. The molecule has 94 valence electrons. The summed E-state index contributed by atoms with van der Waals surface area (Å²) in [4.78, 5) is 14.3. The number of aliphatic hydroxyl groups excluding tert-OH is 1. The molecular formula is C12H19N3O2. The molecule has 1 aromatic heterocycles. The second-order valence-electron chi connectivity index (χ2n) is 4.51. The van der Waals surface area contributed by atoms with Crippen LogP contribution in [0.15, 0.2) is 10.9 Å². The average Bonchev–Trinajstić information content (AvgIpc) is 2.32. The minimum absolute atomic E-state index is 0.0176. The molecule has 0 radical (unpaired) electrons. The minimum atomic E-state index is -0.0511. The summed E-state index contributed by atoms with van der Waals surface area (Å²) in [6, 6.07) is 1.92. The molecule has 2 rings (SSSR count). The third-order valence-electron chi connectivity index (χ3n) is 3.28. The molecule has 5 heteroatoms. The second-order valence-corrected chi connectivity index (χ2v) is 4.51. The van der Waals surface area contributed by atoms with Crippen LogP contribution in [0, 0.1) is 0 Å². The van der Waals surface area contributed by atoms with E-state index < -0.39 is 0 Å². The highest BCUT2D eigenvalue weighted by molar-refractivity contribution is 5.29. The number of aliphatic hydroxyl groups is 1. The van der Waals surface area contributed by atoms with Crippen molar-refractivity contribution in [2.24, 2.45) is 5.73 Å². The van der Waals surface area contributed by atoms with E-state index in [9.17, 15) is 4.79 Å². The monoisotopic (exact) mass is 237 g/mol. The first-order valence-corrected chi connectivity index (χ1v) is 5.91. The van der Waals surface area contributed by atoms with E-state index in [0.717, 1.165) is 30.8 Å². The summed E-state index contributed by atoms with van der Waals surface area (Å²) in [5.41, 5.74) is 8.39. The van der Waals surface area contributed by atoms with Crippen molar-refractivity contribution in [2.75, 3.05) is 20.2 Å². The van der Waals surface area contributed by atoms with Gasteiger partial charge in [0.25, 0.3) is 5.56 Å². The lowest BCUT2D eigenvalue weighted by atomic mass is 10.0. The van der Waals surface area contributed by atoms with Crippen molar-refractivity contribution in [3.05, 3.63) is 33.2 Å². The van der Waals surface area contributed by atoms with E-state index in [-0.39, 0.29) is 18.7 Å². The van der Waals surface area contributed by atoms with Crippen LogP contribution in [0.2, 0.25) is 0 Å². The van der Waals surface area contributed by atoms with Crippen LogP contribution in [0.3, 0.4) is 0 Å². The van der Waals surface area contributed by atoms with E-state index in [1.165, 1.54) is 0 Å². The summed E-state index contributed by atoms with van der Waals surface area (Å²) < 4.78 is 1.69. The summed E-state index contributed by atoms with van der Waals surface area (Å²) in [5.74, 6) is 0. The van der Waals surface area contributed by atoms with Gasteiger partial charge in [-0.05, 0) is 18.7 Å². The van der Waals surface area contributed by atoms with E-state index in [1.807, 2.05) is 6.07 Å². The van der Waals surface area contributed by atoms with Crippen molar-refractivity contribution in [1.29, 1.82) is 0 Å². The highest BCUT2D eigenvalue weighted by atomic mass is 16.3. The highest BCUT2D eigenvalue weighted by Gasteiger charge is 2.19. The zero-order valence-corrected chi connectivity index (χ0v) is 10.1. The standard InChI is InChI=1S/C12H19N3O2/c1-14-3-2-11-10(8-14)6-9(7-13)12(17)15(11)4-5-16/h6,16H,2-5,7-8,13H2,1H3. The van der Waals surface area contributed by atoms with Gasteiger partial charge in [0.1, 0.15) is 0 Å². The van der Waals surface area contributed by atoms with Gasteiger partial charge in [0, 0.05) is 43.9 Å². The van der Waals surface area contributed by atoms with Gasteiger partial charge in [-0.15, -0.1) is 0 Å². The molecule has 0 saturated carbocycles. The molecule has 0 amide bonds. The van der Waals surface area contributed by atoms with Gasteiger partial charge < -0.3 is 20.3 Å². The SMILES string of the molecule is CN1CCc2c(cc(CN)c(=O)n2CCO)C1. The van der Waals surface area contributed by atoms with Crippen LogP contribution < -0.4 is 11.3 Å². The van der Waals surface area contributed by atoms with Crippen molar-refractivity contribution in [1.82, 2.24) is 9.47 Å². The number of nitrogens with zero attached hydrogens (tertiary/aromatic N) is 2. The molecule has 0 bridgehead atoms. The van der Waals surface area contributed by atoms with Crippen LogP contribution in [0.4, 0.5) is 0 Å². The van der Waals surface area contributed by atoms with Crippen LogP contribution >= 0.6 is 0 Å². The lowest BCUT2D eigenvalue weighted by Crippen LogP contribution is -2.36. The zero-order chi connectivity index (χ0) is 12.4. The van der Waals surface area contributed by atoms with E-state index >= 15 is 0 Å². The smallest absolute Gasteiger partial charge is 0.255 e. The Labute approximate surface area is 100 Å². The molecule has 0 fully saturated rings. The number of rotatable bonds is 3. The van der Waals surface area contributed by atoms with Crippen LogP contribution in [-0.2, 0) is 26.1 Å². The largest absolute Gasteiger partial charge is 0.395 e. The fourth-order valence-electron chi connectivity index (χ4n) is 2.41. The summed E-state index contributed by atoms with van der Waals surface area (Å²) in [7, 11) is 2.06. The molecule has 1 aliphatic rings. The third kappa shape index (κ3) is 2.26. The first-order valence-electron chi connectivity index (χ1n) is 5.91. The predicted molar refractivity (Wildman–Crippen MR) is 65.7 cm³/mol. The molecule has 0 aliphatic carbocycles. The van der Waals surface area contributed by atoms with Crippen molar-refractivity contribution in [3.8, 4) is 0 Å². The molecule has 2 heterocycles. The minimum Gasteiger partial charge on any atom is -0.395 e. The first-order chi connectivity index (χ1) is 8.17. The molecule has 0 saturated heterocycles. The van der Waals surface area contributed by atoms with E-state index in [2.05, 4.69) is 11.9 Å². The average molecular weight is 237 g/mol. The molecule has 0 aromatic carbocycles. The van der Waals surface area contributed by atoms with Crippen LogP contribution in [0.5, 0.6) is 0 Å². The lowest BCUT2D eigenvalue weighted by molar-refractivity contribution is 0.263. The fraction of sp³-hybridized carbons (Fsp3) is 0.583. The second kappa shape index (κ2) is 5.00. The van der Waals surface area contributed by atoms with E-state index in [0.29, 0.717) is 12.1 Å². The number of nitrogens with two attached hydrogens (primary N) is 1. The Morgan fingerprint density at radius 3 is 2.94 bits per heavy atom. The normalized spacial score (nSPS) is 15.9. The van der Waals surface area contributed by atoms with Gasteiger partial charge in [0.2, 0.25) is 0 Å². The molecule has 1 aliphatic heterocycles. The molecule has 3 N–H and O–H groups in total. The Balaban J connectivity index is 2.55. The van der Waals surface area contributed by atoms with Crippen LogP contribution in [0.1, 0.15) is 16.8 Å². The lowest BCUT2D eigenvalue weighted by Gasteiger charge is -2.28. The number of fused-ring (bicyclic) bond motifs is 1. The molecule has 0 atom stereocenters. The quantitative estimate of drug-likeness (QED) is 0.728. The number of pyridine rings is 1.